The fourth-order valence-electron chi connectivity index (χ4n) is 2.31. The van der Waals surface area contributed by atoms with Crippen LogP contribution in [0.25, 0.3) is 0 Å². The lowest BCUT2D eigenvalue weighted by atomic mass is 10.1. The van der Waals surface area contributed by atoms with Crippen LogP contribution < -0.4 is 5.32 Å². The molecule has 0 aliphatic heterocycles. The molecule has 1 saturated carbocycles. The van der Waals surface area contributed by atoms with Crippen LogP contribution in [0.15, 0.2) is 22.7 Å². The number of hydrogen-bond donors (Lipinski definition) is 2. The second-order valence-corrected chi connectivity index (χ2v) is 5.47. The van der Waals surface area contributed by atoms with E-state index in [0.29, 0.717) is 12.2 Å². The first-order valence-electron chi connectivity index (χ1n) is 5.94. The van der Waals surface area contributed by atoms with Gasteiger partial charge in [0.1, 0.15) is 5.69 Å². The molecule has 2 unspecified atom stereocenters. The summed E-state index contributed by atoms with van der Waals surface area (Å²) in [4.78, 5) is 10.5. The van der Waals surface area contributed by atoms with E-state index in [2.05, 4.69) is 21.2 Å². The van der Waals surface area contributed by atoms with Crippen molar-refractivity contribution in [1.29, 1.82) is 0 Å². The summed E-state index contributed by atoms with van der Waals surface area (Å²) >= 11 is 3.30. The molecule has 1 fully saturated rings. The molecule has 98 valence electrons. The van der Waals surface area contributed by atoms with Gasteiger partial charge in [0.05, 0.1) is 11.0 Å². The fourth-order valence-corrected chi connectivity index (χ4v) is 2.67. The van der Waals surface area contributed by atoms with Crippen LogP contribution in [0.3, 0.4) is 0 Å². The van der Waals surface area contributed by atoms with Crippen molar-refractivity contribution in [3.05, 3.63) is 32.8 Å². The van der Waals surface area contributed by atoms with Crippen LogP contribution in [0.1, 0.15) is 19.3 Å². The van der Waals surface area contributed by atoms with E-state index in [9.17, 15) is 15.2 Å². The second kappa shape index (κ2) is 5.67. The summed E-state index contributed by atoms with van der Waals surface area (Å²) in [7, 11) is 0. The van der Waals surface area contributed by atoms with E-state index in [1.165, 1.54) is 6.07 Å². The van der Waals surface area contributed by atoms with Crippen LogP contribution >= 0.6 is 15.9 Å². The number of nitro groups is 1. The molecule has 0 bridgehead atoms. The van der Waals surface area contributed by atoms with Crippen LogP contribution in [0.2, 0.25) is 0 Å². The Morgan fingerprint density at radius 2 is 2.28 bits per heavy atom. The average molecular weight is 315 g/mol. The van der Waals surface area contributed by atoms with Crippen molar-refractivity contribution in [1.82, 2.24) is 0 Å². The number of hydrogen-bond acceptors (Lipinski definition) is 4. The molecule has 0 amide bonds. The van der Waals surface area contributed by atoms with Gasteiger partial charge < -0.3 is 10.4 Å². The lowest BCUT2D eigenvalue weighted by Gasteiger charge is -2.16. The molecule has 5 nitrogen and oxygen atoms in total. The normalized spacial score (nSPS) is 23.0. The Balaban J connectivity index is 2.08. The van der Waals surface area contributed by atoms with Gasteiger partial charge in [-0.25, -0.2) is 0 Å². The third kappa shape index (κ3) is 3.00. The van der Waals surface area contributed by atoms with Gasteiger partial charge in [-0.3, -0.25) is 10.1 Å². The molecule has 2 N–H and O–H groups in total. The Kier molecular flexibility index (Phi) is 4.19. The highest BCUT2D eigenvalue weighted by atomic mass is 79.9. The van der Waals surface area contributed by atoms with E-state index in [4.69, 9.17) is 0 Å². The zero-order valence-corrected chi connectivity index (χ0v) is 11.4. The smallest absolute Gasteiger partial charge is 0.292 e. The van der Waals surface area contributed by atoms with E-state index in [1.54, 1.807) is 12.1 Å². The molecule has 18 heavy (non-hydrogen) atoms. The number of nitrogens with one attached hydrogen (secondary N) is 1. The highest BCUT2D eigenvalue weighted by Gasteiger charge is 2.25. The van der Waals surface area contributed by atoms with Crippen LogP contribution in [-0.4, -0.2) is 22.7 Å². The number of benzene rings is 1. The lowest BCUT2D eigenvalue weighted by Crippen LogP contribution is -2.22. The topological polar surface area (TPSA) is 75.4 Å². The molecule has 0 aromatic heterocycles. The minimum absolute atomic E-state index is 0.0608. The minimum atomic E-state index is -0.403. The van der Waals surface area contributed by atoms with E-state index in [1.807, 2.05) is 0 Å². The third-order valence-corrected chi connectivity index (χ3v) is 3.82. The molecule has 0 spiro atoms. The number of anilines is 1. The molecule has 1 aliphatic carbocycles. The zero-order chi connectivity index (χ0) is 13.1. The van der Waals surface area contributed by atoms with E-state index < -0.39 is 4.92 Å². The number of aliphatic hydroxyl groups is 1. The van der Waals surface area contributed by atoms with Gasteiger partial charge in [0, 0.05) is 23.0 Å². The third-order valence-electron chi connectivity index (χ3n) is 3.33. The van der Waals surface area contributed by atoms with Gasteiger partial charge in [0.2, 0.25) is 0 Å². The monoisotopic (exact) mass is 314 g/mol. The molecular weight excluding hydrogens is 300 g/mol. The number of aliphatic hydroxyl groups excluding tert-OH is 1. The van der Waals surface area contributed by atoms with Gasteiger partial charge >= 0.3 is 0 Å². The summed E-state index contributed by atoms with van der Waals surface area (Å²) in [6.45, 7) is 0.568. The molecule has 2 rings (SSSR count). The van der Waals surface area contributed by atoms with E-state index in [-0.39, 0.29) is 17.7 Å². The standard InChI is InChI=1S/C12H15BrN2O3/c13-9-4-5-11(15(17)18)10(6-9)14-7-8-2-1-3-12(8)16/h4-6,8,12,14,16H,1-3,7H2. The molecule has 1 aromatic carbocycles. The molecule has 1 aromatic rings. The Morgan fingerprint density at radius 1 is 1.50 bits per heavy atom. The van der Waals surface area contributed by atoms with Crippen LogP contribution in [0, 0.1) is 16.0 Å². The van der Waals surface area contributed by atoms with Gasteiger partial charge in [0.15, 0.2) is 0 Å². The quantitative estimate of drug-likeness (QED) is 0.662. The summed E-state index contributed by atoms with van der Waals surface area (Å²) in [5.41, 5.74) is 0.555. The van der Waals surface area contributed by atoms with Gasteiger partial charge in [-0.15, -0.1) is 0 Å². The number of nitrogens with zero attached hydrogens (tertiary/aromatic N) is 1. The molecule has 0 radical (unpaired) electrons. The maximum atomic E-state index is 10.9. The number of rotatable bonds is 4. The predicted molar refractivity (Wildman–Crippen MR) is 72.6 cm³/mol. The van der Waals surface area contributed by atoms with Crippen molar-refractivity contribution in [2.24, 2.45) is 5.92 Å². The maximum absolute atomic E-state index is 10.9. The molecule has 6 heteroatoms. The molecule has 0 heterocycles. The summed E-state index contributed by atoms with van der Waals surface area (Å²) in [5.74, 6) is 0.184. The van der Waals surface area contributed by atoms with Gasteiger partial charge in [0.25, 0.3) is 5.69 Å². The highest BCUT2D eigenvalue weighted by molar-refractivity contribution is 9.10. The maximum Gasteiger partial charge on any atom is 0.292 e. The molecule has 2 atom stereocenters. The van der Waals surface area contributed by atoms with Gasteiger partial charge in [-0.05, 0) is 25.0 Å². The first-order chi connectivity index (χ1) is 8.58. The minimum Gasteiger partial charge on any atom is -0.393 e. The molecule has 1 aliphatic rings. The SMILES string of the molecule is O=[N+]([O-])c1ccc(Br)cc1NCC1CCCC1O. The van der Waals surface area contributed by atoms with Crippen molar-refractivity contribution < 1.29 is 10.0 Å². The van der Waals surface area contributed by atoms with Crippen LogP contribution in [-0.2, 0) is 0 Å². The van der Waals surface area contributed by atoms with E-state index >= 15 is 0 Å². The Morgan fingerprint density at radius 3 is 2.89 bits per heavy atom. The highest BCUT2D eigenvalue weighted by Crippen LogP contribution is 2.30. The fraction of sp³-hybridized carbons (Fsp3) is 0.500. The summed E-state index contributed by atoms with van der Waals surface area (Å²) in [6.07, 6.45) is 2.53. The van der Waals surface area contributed by atoms with Crippen molar-refractivity contribution in [2.75, 3.05) is 11.9 Å². The zero-order valence-electron chi connectivity index (χ0n) is 9.80. The van der Waals surface area contributed by atoms with Crippen molar-refractivity contribution in [3.8, 4) is 0 Å². The van der Waals surface area contributed by atoms with Gasteiger partial charge in [-0.2, -0.15) is 0 Å². The van der Waals surface area contributed by atoms with Gasteiger partial charge in [-0.1, -0.05) is 22.4 Å². The first kappa shape index (κ1) is 13.3. The first-order valence-corrected chi connectivity index (χ1v) is 6.73. The number of nitro benzene ring substituents is 1. The summed E-state index contributed by atoms with van der Waals surface area (Å²) < 4.78 is 0.794. The Labute approximate surface area is 113 Å². The van der Waals surface area contributed by atoms with E-state index in [0.717, 1.165) is 23.7 Å². The second-order valence-electron chi connectivity index (χ2n) is 4.56. The largest absolute Gasteiger partial charge is 0.393 e. The average Bonchev–Trinajstić information content (AvgIpc) is 2.72. The van der Waals surface area contributed by atoms with Crippen LogP contribution in [0.5, 0.6) is 0 Å². The lowest BCUT2D eigenvalue weighted by molar-refractivity contribution is -0.384. The predicted octanol–water partition coefficient (Wildman–Crippen LogP) is 2.93. The molecule has 0 saturated heterocycles. The Bertz CT molecular complexity index is 453. The Hall–Kier alpha value is -1.14. The van der Waals surface area contributed by atoms with Crippen LogP contribution in [0.4, 0.5) is 11.4 Å². The van der Waals surface area contributed by atoms with Crippen molar-refractivity contribution in [3.63, 3.8) is 0 Å². The number of halogens is 1. The van der Waals surface area contributed by atoms with Crippen molar-refractivity contribution >= 4 is 27.3 Å². The molecular formula is C12H15BrN2O3. The van der Waals surface area contributed by atoms with Crippen molar-refractivity contribution in [2.45, 2.75) is 25.4 Å². The summed E-state index contributed by atoms with van der Waals surface area (Å²) in [5, 5.41) is 23.7. The summed E-state index contributed by atoms with van der Waals surface area (Å²) in [6, 6.07) is 4.81.